The van der Waals surface area contributed by atoms with Gasteiger partial charge in [-0.1, -0.05) is 12.1 Å². The lowest BCUT2D eigenvalue weighted by atomic mass is 10.1. The summed E-state index contributed by atoms with van der Waals surface area (Å²) in [6.07, 6.45) is -1.10. The quantitative estimate of drug-likeness (QED) is 0.423. The lowest BCUT2D eigenvalue weighted by molar-refractivity contribution is -0.133. The third-order valence-electron chi connectivity index (χ3n) is 4.11. The Morgan fingerprint density at radius 1 is 1.21 bits per heavy atom. The standard InChI is InChI=1S/C20H24FN3O4.ClH/c1-4-28-18(15-8-7-14(26-2)10-16(15)21)20(25)24-11-13-6-5-12(19(22)23)9-17(13)27-3;/h5-10,18H,4,11H2,1-3H3,(H3,22,23)(H,24,25);1H. The number of halogens is 2. The third kappa shape index (κ3) is 6.07. The molecule has 0 aliphatic heterocycles. The van der Waals surface area contributed by atoms with Gasteiger partial charge in [-0.2, -0.15) is 0 Å². The van der Waals surface area contributed by atoms with Gasteiger partial charge < -0.3 is 25.3 Å². The number of nitrogens with two attached hydrogens (primary N) is 1. The minimum atomic E-state index is -1.10. The molecule has 7 nitrogen and oxygen atoms in total. The zero-order valence-corrected chi connectivity index (χ0v) is 17.3. The summed E-state index contributed by atoms with van der Waals surface area (Å²) in [6.45, 7) is 2.10. The van der Waals surface area contributed by atoms with Gasteiger partial charge in [-0.25, -0.2) is 4.39 Å². The maximum Gasteiger partial charge on any atom is 0.254 e. The van der Waals surface area contributed by atoms with Crippen LogP contribution >= 0.6 is 12.4 Å². The Labute approximate surface area is 175 Å². The van der Waals surface area contributed by atoms with Crippen molar-refractivity contribution in [3.05, 3.63) is 58.9 Å². The number of amides is 1. The summed E-state index contributed by atoms with van der Waals surface area (Å²) < 4.78 is 30.1. The molecule has 1 unspecified atom stereocenters. The molecule has 29 heavy (non-hydrogen) atoms. The number of nitrogen functional groups attached to an aromatic ring is 1. The van der Waals surface area contributed by atoms with Gasteiger partial charge in [0, 0.05) is 35.9 Å². The molecule has 2 aromatic rings. The van der Waals surface area contributed by atoms with Crippen LogP contribution in [0.5, 0.6) is 11.5 Å². The number of amidine groups is 1. The molecule has 0 radical (unpaired) electrons. The first kappa shape index (κ1) is 24.2. The van der Waals surface area contributed by atoms with Crippen LogP contribution in [0.15, 0.2) is 36.4 Å². The van der Waals surface area contributed by atoms with Crippen molar-refractivity contribution >= 4 is 24.1 Å². The highest BCUT2D eigenvalue weighted by Gasteiger charge is 2.24. The van der Waals surface area contributed by atoms with E-state index in [2.05, 4.69) is 5.32 Å². The van der Waals surface area contributed by atoms with E-state index < -0.39 is 17.8 Å². The van der Waals surface area contributed by atoms with Crippen molar-refractivity contribution in [2.24, 2.45) is 5.73 Å². The van der Waals surface area contributed by atoms with Crippen molar-refractivity contribution in [3.63, 3.8) is 0 Å². The molecular formula is C20H25ClFN3O4. The van der Waals surface area contributed by atoms with Crippen LogP contribution in [0, 0.1) is 11.2 Å². The summed E-state index contributed by atoms with van der Waals surface area (Å²) in [5.41, 5.74) is 6.80. The van der Waals surface area contributed by atoms with E-state index in [1.165, 1.54) is 26.4 Å². The van der Waals surface area contributed by atoms with Crippen molar-refractivity contribution < 1.29 is 23.4 Å². The van der Waals surface area contributed by atoms with Crippen molar-refractivity contribution in [1.29, 1.82) is 5.41 Å². The number of nitrogens with one attached hydrogen (secondary N) is 2. The van der Waals surface area contributed by atoms with Crippen molar-refractivity contribution in [2.45, 2.75) is 19.6 Å². The number of benzene rings is 2. The highest BCUT2D eigenvalue weighted by molar-refractivity contribution is 5.95. The molecule has 0 fully saturated rings. The molecule has 0 aromatic heterocycles. The zero-order valence-electron chi connectivity index (χ0n) is 16.5. The van der Waals surface area contributed by atoms with Gasteiger partial charge in [-0.05, 0) is 25.1 Å². The number of ether oxygens (including phenoxy) is 3. The molecule has 1 amide bonds. The summed E-state index contributed by atoms with van der Waals surface area (Å²) in [5.74, 6) is -0.316. The van der Waals surface area contributed by atoms with Gasteiger partial charge in [0.25, 0.3) is 5.91 Å². The maximum atomic E-state index is 14.4. The van der Waals surface area contributed by atoms with Gasteiger partial charge in [0.2, 0.25) is 0 Å². The van der Waals surface area contributed by atoms with Crippen LogP contribution in [0.3, 0.4) is 0 Å². The smallest absolute Gasteiger partial charge is 0.254 e. The molecule has 0 aliphatic rings. The first-order valence-electron chi connectivity index (χ1n) is 8.65. The Balaban J connectivity index is 0.00000420. The Morgan fingerprint density at radius 2 is 1.93 bits per heavy atom. The summed E-state index contributed by atoms with van der Waals surface area (Å²) in [5, 5.41) is 10.2. The Morgan fingerprint density at radius 3 is 2.48 bits per heavy atom. The average Bonchev–Trinajstić information content (AvgIpc) is 2.70. The maximum absolute atomic E-state index is 14.4. The van der Waals surface area contributed by atoms with Crippen LogP contribution in [-0.2, 0) is 16.1 Å². The first-order valence-corrected chi connectivity index (χ1v) is 8.65. The number of rotatable bonds is 9. The molecule has 0 bridgehead atoms. The molecule has 0 aliphatic carbocycles. The second-order valence-corrected chi connectivity index (χ2v) is 5.88. The molecule has 2 aromatic carbocycles. The monoisotopic (exact) mass is 425 g/mol. The summed E-state index contributed by atoms with van der Waals surface area (Å²) in [4.78, 5) is 12.7. The predicted molar refractivity (Wildman–Crippen MR) is 110 cm³/mol. The van der Waals surface area contributed by atoms with Gasteiger partial charge in [0.05, 0.1) is 14.2 Å². The Bertz CT molecular complexity index is 864. The van der Waals surface area contributed by atoms with Crippen LogP contribution in [0.2, 0.25) is 0 Å². The fourth-order valence-corrected chi connectivity index (χ4v) is 2.65. The molecule has 158 valence electrons. The second kappa shape index (κ2) is 11.2. The fourth-order valence-electron chi connectivity index (χ4n) is 2.65. The van der Waals surface area contributed by atoms with Crippen molar-refractivity contribution in [2.75, 3.05) is 20.8 Å². The lowest BCUT2D eigenvalue weighted by Gasteiger charge is -2.19. The molecule has 4 N–H and O–H groups in total. The highest BCUT2D eigenvalue weighted by Crippen LogP contribution is 2.25. The van der Waals surface area contributed by atoms with Crippen LogP contribution in [0.1, 0.15) is 29.7 Å². The van der Waals surface area contributed by atoms with E-state index in [4.69, 9.17) is 25.4 Å². The van der Waals surface area contributed by atoms with Crippen LogP contribution in [-0.4, -0.2) is 32.6 Å². The average molecular weight is 426 g/mol. The normalized spacial score (nSPS) is 11.2. The molecule has 0 heterocycles. The fraction of sp³-hybridized carbons (Fsp3) is 0.300. The Hall–Kier alpha value is -2.84. The summed E-state index contributed by atoms with van der Waals surface area (Å²) in [7, 11) is 2.92. The molecule has 1 atom stereocenters. The number of methoxy groups -OCH3 is 2. The number of carbonyl (C=O) groups is 1. The second-order valence-electron chi connectivity index (χ2n) is 5.88. The molecule has 9 heteroatoms. The van der Waals surface area contributed by atoms with E-state index in [1.807, 2.05) is 0 Å². The van der Waals surface area contributed by atoms with Gasteiger partial charge in [0.1, 0.15) is 23.2 Å². The predicted octanol–water partition coefficient (Wildman–Crippen LogP) is 2.94. The Kier molecular flexibility index (Phi) is 9.37. The topological polar surface area (TPSA) is 107 Å². The number of hydrogen-bond donors (Lipinski definition) is 3. The van der Waals surface area contributed by atoms with Gasteiger partial charge >= 0.3 is 0 Å². The highest BCUT2D eigenvalue weighted by atomic mass is 35.5. The first-order chi connectivity index (χ1) is 13.4. The molecule has 2 rings (SSSR count). The minimum Gasteiger partial charge on any atom is -0.497 e. The zero-order chi connectivity index (χ0) is 20.7. The molecular weight excluding hydrogens is 401 g/mol. The lowest BCUT2D eigenvalue weighted by Crippen LogP contribution is -2.31. The minimum absolute atomic E-state index is 0. The van der Waals surface area contributed by atoms with Gasteiger partial charge in [0.15, 0.2) is 6.10 Å². The van der Waals surface area contributed by atoms with E-state index in [0.29, 0.717) is 22.6 Å². The van der Waals surface area contributed by atoms with Crippen LogP contribution in [0.25, 0.3) is 0 Å². The van der Waals surface area contributed by atoms with Crippen LogP contribution < -0.4 is 20.5 Å². The van der Waals surface area contributed by atoms with Gasteiger partial charge in [-0.3, -0.25) is 10.2 Å². The van der Waals surface area contributed by atoms with Crippen LogP contribution in [0.4, 0.5) is 4.39 Å². The number of carbonyl (C=O) groups excluding carboxylic acids is 1. The van der Waals surface area contributed by atoms with E-state index in [9.17, 15) is 9.18 Å². The van der Waals surface area contributed by atoms with E-state index in [1.54, 1.807) is 31.2 Å². The summed E-state index contributed by atoms with van der Waals surface area (Å²) >= 11 is 0. The largest absolute Gasteiger partial charge is 0.497 e. The number of hydrogen-bond acceptors (Lipinski definition) is 5. The summed E-state index contributed by atoms with van der Waals surface area (Å²) in [6, 6.07) is 9.23. The van der Waals surface area contributed by atoms with Crippen molar-refractivity contribution in [3.8, 4) is 11.5 Å². The SMILES string of the molecule is CCOC(C(=O)NCc1ccc(C(=N)N)cc1OC)c1ccc(OC)cc1F.Cl. The van der Waals surface area contributed by atoms with Gasteiger partial charge in [-0.15, -0.1) is 12.4 Å². The molecule has 0 spiro atoms. The third-order valence-corrected chi connectivity index (χ3v) is 4.11. The molecule has 0 saturated carbocycles. The van der Waals surface area contributed by atoms with E-state index in [0.717, 1.165) is 0 Å². The van der Waals surface area contributed by atoms with E-state index >= 15 is 0 Å². The molecule has 0 saturated heterocycles. The van der Waals surface area contributed by atoms with E-state index in [-0.39, 0.29) is 37.0 Å². The van der Waals surface area contributed by atoms with Crippen molar-refractivity contribution in [1.82, 2.24) is 5.32 Å².